The molecule has 18 heavy (non-hydrogen) atoms. The fourth-order valence-electron chi connectivity index (χ4n) is 2.62. The number of rotatable bonds is 5. The van der Waals surface area contributed by atoms with Crippen molar-refractivity contribution < 1.29 is 0 Å². The van der Waals surface area contributed by atoms with Crippen LogP contribution in [0.25, 0.3) is 0 Å². The van der Waals surface area contributed by atoms with E-state index < -0.39 is 0 Å². The molecule has 1 fully saturated rings. The Morgan fingerprint density at radius 2 is 1.89 bits per heavy atom. The molecule has 1 unspecified atom stereocenters. The van der Waals surface area contributed by atoms with E-state index in [0.717, 1.165) is 6.42 Å². The van der Waals surface area contributed by atoms with Gasteiger partial charge in [0, 0.05) is 12.0 Å². The lowest BCUT2D eigenvalue weighted by atomic mass is 9.95. The molecule has 0 amide bonds. The smallest absolute Gasteiger partial charge is 0.0495 e. The third kappa shape index (κ3) is 3.83. The number of nitrogens with zero attached hydrogens (tertiary/aromatic N) is 1. The first-order valence-corrected chi connectivity index (χ1v) is 7.09. The van der Waals surface area contributed by atoms with Crippen molar-refractivity contribution in [1.82, 2.24) is 0 Å². The second-order valence-corrected chi connectivity index (χ2v) is 5.11. The molecule has 0 heterocycles. The average Bonchev–Trinajstić information content (AvgIpc) is 2.46. The number of allylic oxidation sites excluding steroid dienone is 1. The summed E-state index contributed by atoms with van der Waals surface area (Å²) >= 11 is 0. The third-order valence-electron chi connectivity index (χ3n) is 3.76. The van der Waals surface area contributed by atoms with E-state index in [9.17, 15) is 0 Å². The lowest BCUT2D eigenvalue weighted by Gasteiger charge is -2.17. The Hall–Kier alpha value is -1.37. The van der Waals surface area contributed by atoms with Crippen LogP contribution in [0.5, 0.6) is 0 Å². The van der Waals surface area contributed by atoms with Gasteiger partial charge < -0.3 is 0 Å². The van der Waals surface area contributed by atoms with E-state index >= 15 is 0 Å². The van der Waals surface area contributed by atoms with Gasteiger partial charge in [-0.3, -0.25) is 4.99 Å². The second-order valence-electron chi connectivity index (χ2n) is 5.11. The van der Waals surface area contributed by atoms with E-state index in [1.807, 2.05) is 6.08 Å². The Labute approximate surface area is 111 Å². The molecule has 1 aromatic carbocycles. The van der Waals surface area contributed by atoms with Crippen molar-refractivity contribution in [1.29, 1.82) is 0 Å². The molecule has 1 aromatic rings. The molecule has 0 N–H and O–H groups in total. The van der Waals surface area contributed by atoms with Crippen molar-refractivity contribution in [3.8, 4) is 0 Å². The van der Waals surface area contributed by atoms with Crippen LogP contribution in [0, 0.1) is 0 Å². The number of hydrogen-bond acceptors (Lipinski definition) is 1. The third-order valence-corrected chi connectivity index (χ3v) is 3.76. The van der Waals surface area contributed by atoms with Crippen molar-refractivity contribution >= 4 is 6.21 Å². The highest BCUT2D eigenvalue weighted by atomic mass is 14.8. The molecule has 1 atom stereocenters. The number of benzene rings is 1. The maximum absolute atomic E-state index is 4.72. The summed E-state index contributed by atoms with van der Waals surface area (Å²) in [5.74, 6) is 0.401. The van der Waals surface area contributed by atoms with Crippen LogP contribution in [0.15, 0.2) is 48.0 Å². The molecule has 0 aliphatic heterocycles. The van der Waals surface area contributed by atoms with Crippen LogP contribution in [-0.2, 0) is 0 Å². The molecule has 0 spiro atoms. The zero-order valence-electron chi connectivity index (χ0n) is 11.1. The van der Waals surface area contributed by atoms with Crippen LogP contribution >= 0.6 is 0 Å². The van der Waals surface area contributed by atoms with E-state index in [1.54, 1.807) is 0 Å². The first-order valence-electron chi connectivity index (χ1n) is 7.09. The minimum Gasteiger partial charge on any atom is -0.294 e. The van der Waals surface area contributed by atoms with Crippen molar-refractivity contribution in [2.24, 2.45) is 4.99 Å². The molecule has 0 saturated heterocycles. The van der Waals surface area contributed by atoms with E-state index in [-0.39, 0.29) is 0 Å². The van der Waals surface area contributed by atoms with Crippen LogP contribution in [0.3, 0.4) is 0 Å². The predicted molar refractivity (Wildman–Crippen MR) is 79.4 cm³/mol. The Morgan fingerprint density at radius 1 is 1.17 bits per heavy atom. The number of aliphatic imine (C=N–C) groups is 1. The zero-order chi connectivity index (χ0) is 12.6. The summed E-state index contributed by atoms with van der Waals surface area (Å²) < 4.78 is 0. The summed E-state index contributed by atoms with van der Waals surface area (Å²) in [6, 6.07) is 11.1. The van der Waals surface area contributed by atoms with Crippen molar-refractivity contribution in [2.75, 3.05) is 0 Å². The fourth-order valence-corrected chi connectivity index (χ4v) is 2.62. The highest BCUT2D eigenvalue weighted by Crippen LogP contribution is 2.22. The molecular weight excluding hydrogens is 218 g/mol. The van der Waals surface area contributed by atoms with E-state index in [4.69, 9.17) is 4.99 Å². The maximum atomic E-state index is 4.72. The summed E-state index contributed by atoms with van der Waals surface area (Å²) in [7, 11) is 0. The summed E-state index contributed by atoms with van der Waals surface area (Å²) in [6.07, 6.45) is 11.8. The normalized spacial score (nSPS) is 18.9. The maximum Gasteiger partial charge on any atom is 0.0495 e. The van der Waals surface area contributed by atoms with Gasteiger partial charge >= 0.3 is 0 Å². The Kier molecular flexibility index (Phi) is 5.19. The molecule has 96 valence electrons. The van der Waals surface area contributed by atoms with Crippen LogP contribution in [0.4, 0.5) is 0 Å². The summed E-state index contributed by atoms with van der Waals surface area (Å²) in [6.45, 7) is 3.94. The fraction of sp³-hybridized carbons (Fsp3) is 0.471. The highest BCUT2D eigenvalue weighted by molar-refractivity contribution is 5.59. The Bertz CT molecular complexity index is 374. The van der Waals surface area contributed by atoms with Gasteiger partial charge in [-0.05, 0) is 31.0 Å². The molecule has 1 aliphatic carbocycles. The van der Waals surface area contributed by atoms with Gasteiger partial charge in [0.15, 0.2) is 0 Å². The molecule has 1 heteroatoms. The predicted octanol–water partition coefficient (Wildman–Crippen LogP) is 4.75. The van der Waals surface area contributed by atoms with Gasteiger partial charge in [-0.25, -0.2) is 0 Å². The Balaban J connectivity index is 1.87. The van der Waals surface area contributed by atoms with Crippen molar-refractivity contribution in [3.05, 3.63) is 48.6 Å². The first kappa shape index (κ1) is 13.1. The van der Waals surface area contributed by atoms with Gasteiger partial charge in [0.2, 0.25) is 0 Å². The highest BCUT2D eigenvalue weighted by Gasteiger charge is 2.11. The SMILES string of the molecule is C=CC(CC=NC1CCCCC1)c1ccccc1. The largest absolute Gasteiger partial charge is 0.294 e. The minimum atomic E-state index is 0.401. The molecule has 0 bridgehead atoms. The van der Waals surface area contributed by atoms with Gasteiger partial charge in [-0.15, -0.1) is 6.58 Å². The summed E-state index contributed by atoms with van der Waals surface area (Å²) in [4.78, 5) is 4.72. The van der Waals surface area contributed by atoms with Gasteiger partial charge in [0.1, 0.15) is 0 Å². The zero-order valence-corrected chi connectivity index (χ0v) is 11.1. The van der Waals surface area contributed by atoms with E-state index in [1.165, 1.54) is 37.7 Å². The first-order chi connectivity index (χ1) is 8.90. The number of hydrogen-bond donors (Lipinski definition) is 0. The van der Waals surface area contributed by atoms with Gasteiger partial charge in [-0.2, -0.15) is 0 Å². The van der Waals surface area contributed by atoms with Gasteiger partial charge in [0.05, 0.1) is 0 Å². The lowest BCUT2D eigenvalue weighted by Crippen LogP contribution is -2.09. The Morgan fingerprint density at radius 3 is 2.56 bits per heavy atom. The second kappa shape index (κ2) is 7.15. The van der Waals surface area contributed by atoms with Gasteiger partial charge in [0.25, 0.3) is 0 Å². The summed E-state index contributed by atoms with van der Waals surface area (Å²) in [5, 5.41) is 0. The molecule has 1 saturated carbocycles. The minimum absolute atomic E-state index is 0.401. The molecular formula is C17H23N. The van der Waals surface area contributed by atoms with Crippen LogP contribution in [0.1, 0.15) is 50.0 Å². The molecule has 1 aliphatic rings. The quantitative estimate of drug-likeness (QED) is 0.521. The van der Waals surface area contributed by atoms with Crippen molar-refractivity contribution in [3.63, 3.8) is 0 Å². The van der Waals surface area contributed by atoms with Crippen LogP contribution in [-0.4, -0.2) is 12.3 Å². The van der Waals surface area contributed by atoms with E-state index in [2.05, 4.69) is 43.1 Å². The van der Waals surface area contributed by atoms with Crippen LogP contribution < -0.4 is 0 Å². The molecule has 1 nitrogen and oxygen atoms in total. The van der Waals surface area contributed by atoms with Crippen molar-refractivity contribution in [2.45, 2.75) is 50.5 Å². The topological polar surface area (TPSA) is 12.4 Å². The van der Waals surface area contributed by atoms with Crippen LogP contribution in [0.2, 0.25) is 0 Å². The standard InChI is InChI=1S/C17H23N/c1-2-15(16-9-5-3-6-10-16)13-14-18-17-11-7-4-8-12-17/h2-3,5-6,9-10,14-15,17H,1,4,7-8,11-13H2. The average molecular weight is 241 g/mol. The molecule has 0 aromatic heterocycles. The van der Waals surface area contributed by atoms with Gasteiger partial charge in [-0.1, -0.05) is 55.7 Å². The summed E-state index contributed by atoms with van der Waals surface area (Å²) in [5.41, 5.74) is 1.34. The van der Waals surface area contributed by atoms with E-state index in [0.29, 0.717) is 12.0 Å². The molecule has 2 rings (SSSR count). The molecule has 0 radical (unpaired) electrons. The lowest BCUT2D eigenvalue weighted by molar-refractivity contribution is 0.444. The monoisotopic (exact) mass is 241 g/mol.